The minimum atomic E-state index is -0.191. The molecule has 0 spiro atoms. The van der Waals surface area contributed by atoms with Gasteiger partial charge in [-0.1, -0.05) is 45.7 Å². The van der Waals surface area contributed by atoms with Crippen molar-refractivity contribution >= 4 is 50.6 Å². The van der Waals surface area contributed by atoms with Crippen molar-refractivity contribution in [2.24, 2.45) is 5.10 Å². The van der Waals surface area contributed by atoms with Crippen LogP contribution in [0.5, 0.6) is 0 Å². The smallest absolute Gasteiger partial charge is 0.254 e. The predicted molar refractivity (Wildman–Crippen MR) is 121 cm³/mol. The van der Waals surface area contributed by atoms with Gasteiger partial charge in [0.05, 0.1) is 37.2 Å². The summed E-state index contributed by atoms with van der Waals surface area (Å²) in [6, 6.07) is 13.3. The van der Waals surface area contributed by atoms with Crippen molar-refractivity contribution in [3.05, 3.63) is 57.8 Å². The molecule has 1 aliphatic heterocycles. The molecule has 2 aromatic carbocycles. The molecule has 3 aromatic rings. The van der Waals surface area contributed by atoms with Gasteiger partial charge >= 0.3 is 0 Å². The number of fused-ring (bicyclic) bond motifs is 1. The molecule has 7 nitrogen and oxygen atoms in total. The number of hydrazone groups is 1. The van der Waals surface area contributed by atoms with Crippen molar-refractivity contribution in [2.45, 2.75) is 0 Å². The molecule has 1 aliphatic rings. The van der Waals surface area contributed by atoms with E-state index in [0.29, 0.717) is 29.8 Å². The predicted octanol–water partition coefficient (Wildman–Crippen LogP) is 3.50. The van der Waals surface area contributed by atoms with Crippen LogP contribution in [-0.4, -0.2) is 59.8 Å². The number of halogens is 2. The molecule has 0 saturated carbocycles. The van der Waals surface area contributed by atoms with Gasteiger partial charge in [0.1, 0.15) is 0 Å². The molecule has 1 fully saturated rings. The molecule has 1 aromatic heterocycles. The maximum atomic E-state index is 12.1. The van der Waals surface area contributed by atoms with Gasteiger partial charge in [0.25, 0.3) is 5.91 Å². The van der Waals surface area contributed by atoms with Crippen molar-refractivity contribution in [3.8, 4) is 11.3 Å². The van der Waals surface area contributed by atoms with E-state index in [1.54, 1.807) is 0 Å². The van der Waals surface area contributed by atoms with Crippen molar-refractivity contribution in [3.63, 3.8) is 0 Å². The second kappa shape index (κ2) is 9.61. The molecule has 0 bridgehead atoms. The molecule has 1 N–H and O–H groups in total. The molecule has 2 heterocycles. The minimum absolute atomic E-state index is 0.191. The summed E-state index contributed by atoms with van der Waals surface area (Å²) in [7, 11) is 0. The van der Waals surface area contributed by atoms with Gasteiger partial charge in [-0.15, -0.1) is 0 Å². The molecule has 30 heavy (non-hydrogen) atoms. The van der Waals surface area contributed by atoms with Gasteiger partial charge in [0.2, 0.25) is 0 Å². The summed E-state index contributed by atoms with van der Waals surface area (Å²) < 4.78 is 6.21. The van der Waals surface area contributed by atoms with Crippen LogP contribution in [0.4, 0.5) is 0 Å². The zero-order valence-corrected chi connectivity index (χ0v) is 18.4. The Morgan fingerprint density at radius 2 is 2.03 bits per heavy atom. The van der Waals surface area contributed by atoms with Gasteiger partial charge in [-0.3, -0.25) is 9.69 Å². The number of ether oxygens (including phenoxy) is 1. The maximum absolute atomic E-state index is 12.1. The van der Waals surface area contributed by atoms with Crippen LogP contribution >= 0.6 is 27.5 Å². The third kappa shape index (κ3) is 5.02. The number of carbonyl (C=O) groups excluding carboxylic acids is 1. The first kappa shape index (κ1) is 20.9. The molecular formula is C21H19BrClN5O2. The van der Waals surface area contributed by atoms with Crippen LogP contribution in [-0.2, 0) is 9.53 Å². The zero-order chi connectivity index (χ0) is 20.9. The SMILES string of the molecule is O=C(CN1CCOCC1)N/N=C/c1nc(-c2ccccc2Cl)c2cc(Br)ccc2n1. The Labute approximate surface area is 187 Å². The number of hydrogen-bond acceptors (Lipinski definition) is 6. The number of carbonyl (C=O) groups is 1. The van der Waals surface area contributed by atoms with Gasteiger partial charge in [-0.25, -0.2) is 15.4 Å². The highest BCUT2D eigenvalue weighted by atomic mass is 79.9. The molecular weight excluding hydrogens is 470 g/mol. The van der Waals surface area contributed by atoms with E-state index in [0.717, 1.165) is 34.0 Å². The lowest BCUT2D eigenvalue weighted by molar-refractivity contribution is -0.123. The lowest BCUT2D eigenvalue weighted by Gasteiger charge is -2.25. The fraction of sp³-hybridized carbons (Fsp3) is 0.238. The highest BCUT2D eigenvalue weighted by Crippen LogP contribution is 2.32. The molecule has 1 saturated heterocycles. The van der Waals surface area contributed by atoms with Crippen LogP contribution in [0.25, 0.3) is 22.2 Å². The highest BCUT2D eigenvalue weighted by molar-refractivity contribution is 9.10. The summed E-state index contributed by atoms with van der Waals surface area (Å²) in [6.45, 7) is 3.03. The Hall–Kier alpha value is -2.39. The number of aromatic nitrogens is 2. The second-order valence-corrected chi connectivity index (χ2v) is 8.08. The van der Waals surface area contributed by atoms with Gasteiger partial charge in [-0.05, 0) is 24.3 Å². The van der Waals surface area contributed by atoms with E-state index in [9.17, 15) is 4.79 Å². The molecule has 0 aliphatic carbocycles. The Balaban J connectivity index is 1.58. The van der Waals surface area contributed by atoms with Crippen molar-refractivity contribution in [1.29, 1.82) is 0 Å². The number of morpholine rings is 1. The summed E-state index contributed by atoms with van der Waals surface area (Å²) in [5.41, 5.74) is 4.80. The lowest BCUT2D eigenvalue weighted by atomic mass is 10.1. The molecule has 0 atom stereocenters. The van der Waals surface area contributed by atoms with Crippen molar-refractivity contribution < 1.29 is 9.53 Å². The molecule has 0 radical (unpaired) electrons. The summed E-state index contributed by atoms with van der Waals surface area (Å²) in [5.74, 6) is 0.190. The number of nitrogens with one attached hydrogen (secondary N) is 1. The van der Waals surface area contributed by atoms with E-state index in [-0.39, 0.29) is 12.5 Å². The van der Waals surface area contributed by atoms with Crippen LogP contribution in [0.1, 0.15) is 5.82 Å². The third-order valence-electron chi connectivity index (χ3n) is 4.64. The molecule has 154 valence electrons. The number of benzene rings is 2. The zero-order valence-electron chi connectivity index (χ0n) is 16.0. The van der Waals surface area contributed by atoms with E-state index in [4.69, 9.17) is 16.3 Å². The second-order valence-electron chi connectivity index (χ2n) is 6.75. The van der Waals surface area contributed by atoms with Crippen LogP contribution in [0.2, 0.25) is 5.02 Å². The molecule has 0 unspecified atom stereocenters. The van der Waals surface area contributed by atoms with Crippen LogP contribution < -0.4 is 5.43 Å². The first-order valence-corrected chi connectivity index (χ1v) is 10.6. The van der Waals surface area contributed by atoms with Crippen molar-refractivity contribution in [2.75, 3.05) is 32.8 Å². The standard InChI is InChI=1S/C21H19BrClN5O2/c22-14-5-6-18-16(11-14)21(15-3-1-2-4-17(15)23)26-19(25-18)12-24-27-20(29)13-28-7-9-30-10-8-28/h1-6,11-12H,7-10,13H2,(H,27,29)/b24-12+. The summed E-state index contributed by atoms with van der Waals surface area (Å²) in [6.07, 6.45) is 1.44. The molecule has 9 heteroatoms. The Morgan fingerprint density at radius 3 is 2.83 bits per heavy atom. The third-order valence-corrected chi connectivity index (χ3v) is 5.47. The molecule has 4 rings (SSSR count). The monoisotopic (exact) mass is 487 g/mol. The number of rotatable bonds is 5. The van der Waals surface area contributed by atoms with Gasteiger partial charge < -0.3 is 4.74 Å². The van der Waals surface area contributed by atoms with Crippen LogP contribution in [0.3, 0.4) is 0 Å². The van der Waals surface area contributed by atoms with Gasteiger partial charge in [-0.2, -0.15) is 5.10 Å². The van der Waals surface area contributed by atoms with E-state index in [1.165, 1.54) is 6.21 Å². The van der Waals surface area contributed by atoms with Crippen LogP contribution in [0, 0.1) is 0 Å². The first-order chi connectivity index (χ1) is 14.6. The topological polar surface area (TPSA) is 79.7 Å². The van der Waals surface area contributed by atoms with E-state index >= 15 is 0 Å². The largest absolute Gasteiger partial charge is 0.379 e. The highest BCUT2D eigenvalue weighted by Gasteiger charge is 2.14. The van der Waals surface area contributed by atoms with Gasteiger partial charge in [0, 0.05) is 33.5 Å². The fourth-order valence-electron chi connectivity index (χ4n) is 3.19. The lowest BCUT2D eigenvalue weighted by Crippen LogP contribution is -2.42. The Bertz CT molecular complexity index is 1100. The average molecular weight is 489 g/mol. The van der Waals surface area contributed by atoms with E-state index in [2.05, 4.69) is 36.4 Å². The van der Waals surface area contributed by atoms with Crippen LogP contribution in [0.15, 0.2) is 52.0 Å². The number of amides is 1. The van der Waals surface area contributed by atoms with Crippen molar-refractivity contribution in [1.82, 2.24) is 20.3 Å². The van der Waals surface area contributed by atoms with E-state index < -0.39 is 0 Å². The normalized spacial score (nSPS) is 15.0. The summed E-state index contributed by atoms with van der Waals surface area (Å²) >= 11 is 9.91. The van der Waals surface area contributed by atoms with Gasteiger partial charge in [0.15, 0.2) is 5.82 Å². The first-order valence-electron chi connectivity index (χ1n) is 9.44. The van der Waals surface area contributed by atoms with E-state index in [1.807, 2.05) is 47.4 Å². The number of hydrogen-bond donors (Lipinski definition) is 1. The number of nitrogens with zero attached hydrogens (tertiary/aromatic N) is 4. The Morgan fingerprint density at radius 1 is 1.23 bits per heavy atom. The summed E-state index contributed by atoms with van der Waals surface area (Å²) in [4.78, 5) is 23.3. The average Bonchev–Trinajstić information content (AvgIpc) is 2.74. The fourth-order valence-corrected chi connectivity index (χ4v) is 3.78. The Kier molecular flexibility index (Phi) is 6.69. The minimum Gasteiger partial charge on any atom is -0.379 e. The molecule has 1 amide bonds. The maximum Gasteiger partial charge on any atom is 0.254 e. The quantitative estimate of drug-likeness (QED) is 0.439. The summed E-state index contributed by atoms with van der Waals surface area (Å²) in [5, 5.41) is 5.50.